The van der Waals surface area contributed by atoms with Crippen molar-refractivity contribution in [2.75, 3.05) is 0 Å². The largest absolute Gasteiger partial charge is 0.456 e. The zero-order valence-electron chi connectivity index (χ0n) is 20.5. The molecule has 0 N–H and O–H groups in total. The second-order valence-electron chi connectivity index (χ2n) is 11.2. The Kier molecular flexibility index (Phi) is 4.48. The molecule has 0 saturated carbocycles. The maximum atomic E-state index is 6.34. The van der Waals surface area contributed by atoms with Crippen molar-refractivity contribution in [3.63, 3.8) is 0 Å². The Morgan fingerprint density at radius 2 is 1.29 bits per heavy atom. The van der Waals surface area contributed by atoms with Crippen LogP contribution in [0.15, 0.2) is 87.7 Å². The molecule has 0 radical (unpaired) electrons. The second kappa shape index (κ2) is 7.24. The smallest absolute Gasteiger partial charge is 0.139 e. The van der Waals surface area contributed by atoms with Crippen LogP contribution in [-0.2, 0) is 17.3 Å². The van der Waals surface area contributed by atoms with Crippen molar-refractivity contribution >= 4 is 43.9 Å². The summed E-state index contributed by atoms with van der Waals surface area (Å²) in [4.78, 5) is 0. The predicted octanol–water partition coefficient (Wildman–Crippen LogP) is 9.30. The first-order valence-corrected chi connectivity index (χ1v) is 12.1. The van der Waals surface area contributed by atoms with E-state index in [1.165, 1.54) is 38.2 Å². The van der Waals surface area contributed by atoms with Crippen LogP contribution in [0.4, 0.5) is 0 Å². The average molecular weight is 447 g/mol. The lowest BCUT2D eigenvalue weighted by Crippen LogP contribution is -2.20. The monoisotopic (exact) mass is 446 g/mol. The van der Waals surface area contributed by atoms with E-state index in [2.05, 4.69) is 101 Å². The molecule has 6 rings (SSSR count). The molecule has 2 heteroatoms. The van der Waals surface area contributed by atoms with Gasteiger partial charge in [-0.15, -0.1) is 0 Å². The highest BCUT2D eigenvalue weighted by Gasteiger charge is 2.27. The molecule has 0 spiro atoms. The Hall–Kier alpha value is -3.52. The van der Waals surface area contributed by atoms with Crippen molar-refractivity contribution in [3.8, 4) is 0 Å². The molecule has 170 valence electrons. The first-order chi connectivity index (χ1) is 16.2. The van der Waals surface area contributed by atoms with Crippen LogP contribution < -0.4 is 0 Å². The molecule has 0 saturated heterocycles. The molecule has 0 aliphatic rings. The number of furan rings is 2. The first kappa shape index (κ1) is 21.0. The molecule has 0 atom stereocenters. The third kappa shape index (κ3) is 3.24. The SMILES string of the molecule is CC(C)(C)c1cccc2oc3cc(CC(C)(C)c4cccc5c4oc4ccccc45)ccc3c12. The van der Waals surface area contributed by atoms with E-state index in [9.17, 15) is 0 Å². The van der Waals surface area contributed by atoms with Gasteiger partial charge >= 0.3 is 0 Å². The van der Waals surface area contributed by atoms with E-state index in [0.29, 0.717) is 0 Å². The van der Waals surface area contributed by atoms with E-state index in [-0.39, 0.29) is 10.8 Å². The second-order valence-corrected chi connectivity index (χ2v) is 11.2. The van der Waals surface area contributed by atoms with Gasteiger partial charge in [-0.25, -0.2) is 0 Å². The van der Waals surface area contributed by atoms with Gasteiger partial charge in [0.2, 0.25) is 0 Å². The molecule has 34 heavy (non-hydrogen) atoms. The van der Waals surface area contributed by atoms with Gasteiger partial charge in [-0.05, 0) is 46.6 Å². The highest BCUT2D eigenvalue weighted by atomic mass is 16.3. The van der Waals surface area contributed by atoms with E-state index in [1.807, 2.05) is 12.1 Å². The van der Waals surface area contributed by atoms with E-state index >= 15 is 0 Å². The number of hydrogen-bond donors (Lipinski definition) is 0. The van der Waals surface area contributed by atoms with E-state index in [1.54, 1.807) is 0 Å². The minimum absolute atomic E-state index is 0.0578. The van der Waals surface area contributed by atoms with Gasteiger partial charge in [0.05, 0.1) is 0 Å². The molecule has 6 aromatic rings. The summed E-state index contributed by atoms with van der Waals surface area (Å²) in [6.07, 6.45) is 0.891. The third-order valence-corrected chi connectivity index (χ3v) is 7.15. The Morgan fingerprint density at radius 1 is 0.588 bits per heavy atom. The predicted molar refractivity (Wildman–Crippen MR) is 143 cm³/mol. The van der Waals surface area contributed by atoms with Crippen molar-refractivity contribution in [2.24, 2.45) is 0 Å². The molecule has 0 aliphatic carbocycles. The van der Waals surface area contributed by atoms with Gasteiger partial charge in [0.1, 0.15) is 22.3 Å². The van der Waals surface area contributed by atoms with Crippen molar-refractivity contribution < 1.29 is 8.83 Å². The van der Waals surface area contributed by atoms with Gasteiger partial charge in [-0.2, -0.15) is 0 Å². The summed E-state index contributed by atoms with van der Waals surface area (Å²) >= 11 is 0. The summed E-state index contributed by atoms with van der Waals surface area (Å²) in [5, 5.41) is 4.79. The normalized spacial score (nSPS) is 13.0. The van der Waals surface area contributed by atoms with Crippen LogP contribution in [0.3, 0.4) is 0 Å². The summed E-state index contributed by atoms with van der Waals surface area (Å²) in [5.41, 5.74) is 7.64. The van der Waals surface area contributed by atoms with Gasteiger partial charge in [-0.3, -0.25) is 0 Å². The lowest BCUT2D eigenvalue weighted by Gasteiger charge is -2.25. The summed E-state index contributed by atoms with van der Waals surface area (Å²) < 4.78 is 12.7. The Balaban J connectivity index is 1.44. The topological polar surface area (TPSA) is 26.3 Å². The summed E-state index contributed by atoms with van der Waals surface area (Å²) in [5.74, 6) is 0. The molecule has 0 amide bonds. The van der Waals surface area contributed by atoms with Gasteiger partial charge < -0.3 is 8.83 Å². The minimum Gasteiger partial charge on any atom is -0.456 e. The molecule has 0 unspecified atom stereocenters. The van der Waals surface area contributed by atoms with Crippen molar-refractivity contribution in [1.29, 1.82) is 0 Å². The molecular formula is C32H30O2. The number of benzene rings is 4. The summed E-state index contributed by atoms with van der Waals surface area (Å²) in [6.45, 7) is 11.4. The standard InChI is InChI=1S/C32H30O2/c1-31(2,3)24-12-9-15-27-29(24)23-17-16-20(18-28(23)33-27)19-32(4,5)25-13-8-11-22-21-10-6-7-14-26(21)34-30(22)25/h6-18H,19H2,1-5H3. The first-order valence-electron chi connectivity index (χ1n) is 12.1. The van der Waals surface area contributed by atoms with Crippen LogP contribution in [0.1, 0.15) is 51.3 Å². The average Bonchev–Trinajstić information content (AvgIpc) is 3.35. The molecule has 2 aromatic heterocycles. The van der Waals surface area contributed by atoms with Crippen molar-refractivity contribution in [1.82, 2.24) is 0 Å². The highest BCUT2D eigenvalue weighted by molar-refractivity contribution is 6.07. The van der Waals surface area contributed by atoms with Crippen LogP contribution >= 0.6 is 0 Å². The summed E-state index contributed by atoms with van der Waals surface area (Å²) in [6, 6.07) is 27.9. The molecule has 0 bridgehead atoms. The number of para-hydroxylation sites is 2. The molecule has 0 fully saturated rings. The van der Waals surface area contributed by atoms with E-state index < -0.39 is 0 Å². The van der Waals surface area contributed by atoms with Gasteiger partial charge in [0, 0.05) is 27.1 Å². The van der Waals surface area contributed by atoms with Gasteiger partial charge in [-0.1, -0.05) is 95.3 Å². The maximum absolute atomic E-state index is 6.34. The lowest BCUT2D eigenvalue weighted by atomic mass is 9.78. The van der Waals surface area contributed by atoms with Crippen LogP contribution in [-0.4, -0.2) is 0 Å². The maximum Gasteiger partial charge on any atom is 0.139 e. The number of fused-ring (bicyclic) bond motifs is 6. The van der Waals surface area contributed by atoms with Crippen LogP contribution in [0, 0.1) is 0 Å². The quantitative estimate of drug-likeness (QED) is 0.271. The molecule has 2 nitrogen and oxygen atoms in total. The van der Waals surface area contributed by atoms with Crippen LogP contribution in [0.25, 0.3) is 43.9 Å². The van der Waals surface area contributed by atoms with Gasteiger partial charge in [0.25, 0.3) is 0 Å². The Morgan fingerprint density at radius 3 is 2.12 bits per heavy atom. The fourth-order valence-electron chi connectivity index (χ4n) is 5.49. The molecule has 0 aliphatic heterocycles. The highest BCUT2D eigenvalue weighted by Crippen LogP contribution is 2.40. The van der Waals surface area contributed by atoms with E-state index in [4.69, 9.17) is 8.83 Å². The minimum atomic E-state index is -0.107. The Labute approximate surface area is 200 Å². The zero-order chi connectivity index (χ0) is 23.7. The molecular weight excluding hydrogens is 416 g/mol. The molecule has 2 heterocycles. The number of rotatable bonds is 3. The van der Waals surface area contributed by atoms with Crippen molar-refractivity contribution in [2.45, 2.75) is 51.9 Å². The van der Waals surface area contributed by atoms with Crippen molar-refractivity contribution in [3.05, 3.63) is 95.6 Å². The van der Waals surface area contributed by atoms with Crippen LogP contribution in [0.2, 0.25) is 0 Å². The number of hydrogen-bond acceptors (Lipinski definition) is 2. The van der Waals surface area contributed by atoms with Crippen LogP contribution in [0.5, 0.6) is 0 Å². The lowest BCUT2D eigenvalue weighted by molar-refractivity contribution is 0.515. The Bertz CT molecular complexity index is 1690. The fraction of sp³-hybridized carbons (Fsp3) is 0.250. The third-order valence-electron chi connectivity index (χ3n) is 7.15. The fourth-order valence-corrected chi connectivity index (χ4v) is 5.49. The summed E-state index contributed by atoms with van der Waals surface area (Å²) in [7, 11) is 0. The molecule has 4 aromatic carbocycles. The zero-order valence-corrected chi connectivity index (χ0v) is 20.5. The van der Waals surface area contributed by atoms with Gasteiger partial charge in [0.15, 0.2) is 0 Å². The van der Waals surface area contributed by atoms with E-state index in [0.717, 1.165) is 28.8 Å².